The first-order valence-electron chi connectivity index (χ1n) is 8.54. The van der Waals surface area contributed by atoms with Crippen LogP contribution in [0, 0.1) is 5.92 Å². The van der Waals surface area contributed by atoms with E-state index in [1.54, 1.807) is 14.2 Å². The van der Waals surface area contributed by atoms with E-state index < -0.39 is 0 Å². The van der Waals surface area contributed by atoms with Gasteiger partial charge in [-0.15, -0.1) is 24.0 Å². The number of guanidine groups is 1. The molecule has 0 saturated carbocycles. The van der Waals surface area contributed by atoms with Crippen LogP contribution in [0.2, 0.25) is 0 Å². The molecule has 2 rings (SSSR count). The average molecular weight is 463 g/mol. The van der Waals surface area contributed by atoms with E-state index in [-0.39, 0.29) is 24.0 Å². The van der Waals surface area contributed by atoms with E-state index in [0.717, 1.165) is 64.1 Å². The van der Waals surface area contributed by atoms with Crippen LogP contribution in [0.4, 0.5) is 0 Å². The van der Waals surface area contributed by atoms with Crippen molar-refractivity contribution < 1.29 is 14.2 Å². The molecular weight excluding hydrogens is 433 g/mol. The molecule has 1 atom stereocenters. The standard InChI is InChI=1S/C18H29N3O3.HI/c1-19-18(21-12-15-4-6-17(22-2)7-5-15)20-9-3-10-23-13-16-8-11-24-14-16;/h4-7,16H,3,8-14H2,1-2H3,(H2,19,20,21);1H. The fourth-order valence-electron chi connectivity index (χ4n) is 2.50. The van der Waals surface area contributed by atoms with E-state index in [0.29, 0.717) is 5.92 Å². The van der Waals surface area contributed by atoms with Gasteiger partial charge in [0.1, 0.15) is 5.75 Å². The van der Waals surface area contributed by atoms with Crippen LogP contribution >= 0.6 is 24.0 Å². The van der Waals surface area contributed by atoms with Crippen LogP contribution in [-0.4, -0.2) is 53.1 Å². The van der Waals surface area contributed by atoms with Crippen molar-refractivity contribution in [3.63, 3.8) is 0 Å². The van der Waals surface area contributed by atoms with Crippen LogP contribution in [0.15, 0.2) is 29.3 Å². The van der Waals surface area contributed by atoms with Crippen LogP contribution in [0.25, 0.3) is 0 Å². The largest absolute Gasteiger partial charge is 0.497 e. The first-order chi connectivity index (χ1) is 11.8. The molecule has 1 aliphatic heterocycles. The fourth-order valence-corrected chi connectivity index (χ4v) is 2.50. The van der Waals surface area contributed by atoms with Gasteiger partial charge in [0.25, 0.3) is 0 Å². The highest BCUT2D eigenvalue weighted by molar-refractivity contribution is 14.0. The lowest BCUT2D eigenvalue weighted by atomic mass is 10.1. The number of rotatable bonds is 9. The molecule has 1 fully saturated rings. The summed E-state index contributed by atoms with van der Waals surface area (Å²) in [6.45, 7) is 4.86. The lowest BCUT2D eigenvalue weighted by molar-refractivity contribution is 0.0888. The summed E-state index contributed by atoms with van der Waals surface area (Å²) < 4.78 is 16.2. The predicted molar refractivity (Wildman–Crippen MR) is 111 cm³/mol. The number of benzene rings is 1. The quantitative estimate of drug-likeness (QED) is 0.255. The highest BCUT2D eigenvalue weighted by atomic mass is 127. The Kier molecular flexibility index (Phi) is 11.6. The molecule has 0 spiro atoms. The van der Waals surface area contributed by atoms with E-state index in [1.807, 2.05) is 24.3 Å². The summed E-state index contributed by atoms with van der Waals surface area (Å²) in [5, 5.41) is 6.60. The van der Waals surface area contributed by atoms with E-state index in [1.165, 1.54) is 5.56 Å². The zero-order valence-electron chi connectivity index (χ0n) is 15.1. The molecule has 2 N–H and O–H groups in total. The lowest BCUT2D eigenvalue weighted by Crippen LogP contribution is -2.37. The number of hydrogen-bond donors (Lipinski definition) is 2. The molecule has 1 aliphatic rings. The van der Waals surface area contributed by atoms with Gasteiger partial charge in [0.15, 0.2) is 5.96 Å². The summed E-state index contributed by atoms with van der Waals surface area (Å²) in [4.78, 5) is 4.23. The van der Waals surface area contributed by atoms with Gasteiger partial charge in [-0.2, -0.15) is 0 Å². The minimum Gasteiger partial charge on any atom is -0.497 e. The number of methoxy groups -OCH3 is 1. The Morgan fingerprint density at radius 1 is 1.28 bits per heavy atom. The predicted octanol–water partition coefficient (Wildman–Crippen LogP) is 2.42. The fraction of sp³-hybridized carbons (Fsp3) is 0.611. The molecular formula is C18H30IN3O3. The second-order valence-corrected chi connectivity index (χ2v) is 5.86. The first kappa shape index (κ1) is 22.0. The van der Waals surface area contributed by atoms with Gasteiger partial charge in [0, 0.05) is 39.3 Å². The van der Waals surface area contributed by atoms with Crippen molar-refractivity contribution in [2.75, 3.05) is 47.1 Å². The van der Waals surface area contributed by atoms with Gasteiger partial charge in [0.2, 0.25) is 0 Å². The average Bonchev–Trinajstić information content (AvgIpc) is 3.14. The monoisotopic (exact) mass is 463 g/mol. The molecule has 1 saturated heterocycles. The van der Waals surface area contributed by atoms with Gasteiger partial charge >= 0.3 is 0 Å². The molecule has 1 aromatic carbocycles. The van der Waals surface area contributed by atoms with Crippen molar-refractivity contribution >= 4 is 29.9 Å². The van der Waals surface area contributed by atoms with Crippen molar-refractivity contribution in [2.45, 2.75) is 19.4 Å². The Hall–Kier alpha value is -1.06. The maximum Gasteiger partial charge on any atom is 0.191 e. The van der Waals surface area contributed by atoms with E-state index in [4.69, 9.17) is 14.2 Å². The number of halogens is 1. The van der Waals surface area contributed by atoms with Crippen LogP contribution in [-0.2, 0) is 16.0 Å². The van der Waals surface area contributed by atoms with Gasteiger partial charge < -0.3 is 24.8 Å². The summed E-state index contributed by atoms with van der Waals surface area (Å²) in [7, 11) is 3.45. The summed E-state index contributed by atoms with van der Waals surface area (Å²) in [6, 6.07) is 8.00. The first-order valence-corrected chi connectivity index (χ1v) is 8.54. The van der Waals surface area contributed by atoms with Crippen LogP contribution in [0.5, 0.6) is 5.75 Å². The lowest BCUT2D eigenvalue weighted by Gasteiger charge is -2.13. The van der Waals surface area contributed by atoms with Crippen molar-refractivity contribution in [3.05, 3.63) is 29.8 Å². The number of nitrogens with zero attached hydrogens (tertiary/aromatic N) is 1. The van der Waals surface area contributed by atoms with Crippen LogP contribution < -0.4 is 15.4 Å². The molecule has 0 bridgehead atoms. The number of hydrogen-bond acceptors (Lipinski definition) is 4. The Morgan fingerprint density at radius 3 is 2.72 bits per heavy atom. The van der Waals surface area contributed by atoms with Crippen molar-refractivity contribution in [1.29, 1.82) is 0 Å². The van der Waals surface area contributed by atoms with E-state index in [2.05, 4.69) is 15.6 Å². The molecule has 0 amide bonds. The zero-order chi connectivity index (χ0) is 17.0. The summed E-state index contributed by atoms with van der Waals surface area (Å²) in [5.41, 5.74) is 1.18. The van der Waals surface area contributed by atoms with E-state index >= 15 is 0 Å². The van der Waals surface area contributed by atoms with E-state index in [9.17, 15) is 0 Å². The second-order valence-electron chi connectivity index (χ2n) is 5.86. The Labute approximate surface area is 167 Å². The molecule has 7 heteroatoms. The molecule has 0 aromatic heterocycles. The summed E-state index contributed by atoms with van der Waals surface area (Å²) in [5.74, 6) is 2.25. The van der Waals surface area contributed by atoms with Crippen molar-refractivity contribution in [2.24, 2.45) is 10.9 Å². The third-order valence-corrected chi connectivity index (χ3v) is 3.98. The number of aliphatic imine (C=N–C) groups is 1. The smallest absolute Gasteiger partial charge is 0.191 e. The molecule has 6 nitrogen and oxygen atoms in total. The molecule has 1 heterocycles. The maximum absolute atomic E-state index is 5.69. The molecule has 0 aliphatic carbocycles. The highest BCUT2D eigenvalue weighted by Crippen LogP contribution is 2.12. The maximum atomic E-state index is 5.69. The molecule has 1 aromatic rings. The van der Waals surface area contributed by atoms with Crippen molar-refractivity contribution in [3.8, 4) is 5.75 Å². The number of ether oxygens (including phenoxy) is 3. The minimum atomic E-state index is 0. The van der Waals surface area contributed by atoms with Crippen molar-refractivity contribution in [1.82, 2.24) is 10.6 Å². The second kappa shape index (κ2) is 13.2. The molecule has 142 valence electrons. The molecule has 25 heavy (non-hydrogen) atoms. The zero-order valence-corrected chi connectivity index (χ0v) is 17.5. The number of nitrogens with one attached hydrogen (secondary N) is 2. The normalized spacial score (nSPS) is 17.0. The SMILES string of the molecule is CN=C(NCCCOCC1CCOC1)NCc1ccc(OC)cc1.I. The van der Waals surface area contributed by atoms with Gasteiger partial charge in [-0.05, 0) is 30.5 Å². The third-order valence-electron chi connectivity index (χ3n) is 3.98. The van der Waals surface area contributed by atoms with Crippen LogP contribution in [0.3, 0.4) is 0 Å². The van der Waals surface area contributed by atoms with Gasteiger partial charge in [-0.3, -0.25) is 4.99 Å². The highest BCUT2D eigenvalue weighted by Gasteiger charge is 2.15. The van der Waals surface area contributed by atoms with Gasteiger partial charge in [-0.1, -0.05) is 12.1 Å². The summed E-state index contributed by atoms with van der Waals surface area (Å²) >= 11 is 0. The third kappa shape index (κ3) is 8.73. The Bertz CT molecular complexity index is 491. The molecule has 0 radical (unpaired) electrons. The van der Waals surface area contributed by atoms with Gasteiger partial charge in [-0.25, -0.2) is 0 Å². The minimum absolute atomic E-state index is 0. The molecule has 1 unspecified atom stereocenters. The van der Waals surface area contributed by atoms with Gasteiger partial charge in [0.05, 0.1) is 20.3 Å². The Balaban J connectivity index is 0.00000312. The van der Waals surface area contributed by atoms with Crippen LogP contribution in [0.1, 0.15) is 18.4 Å². The summed E-state index contributed by atoms with van der Waals surface area (Å²) in [6.07, 6.45) is 2.08. The topological polar surface area (TPSA) is 64.1 Å². The Morgan fingerprint density at radius 2 is 2.08 bits per heavy atom.